The molecule has 0 spiro atoms. The molecule has 1 fully saturated rings. The van der Waals surface area contributed by atoms with E-state index >= 15 is 0 Å². The molecule has 0 radical (unpaired) electrons. The van der Waals surface area contributed by atoms with Crippen molar-refractivity contribution < 1.29 is 4.79 Å². The summed E-state index contributed by atoms with van der Waals surface area (Å²) in [6.45, 7) is 3.77. The number of hydrogen-bond acceptors (Lipinski definition) is 5. The lowest BCUT2D eigenvalue weighted by molar-refractivity contribution is -0.133. The summed E-state index contributed by atoms with van der Waals surface area (Å²) in [4.78, 5) is 35.9. The Kier molecular flexibility index (Phi) is 4.26. The first-order valence-corrected chi connectivity index (χ1v) is 9.87. The topological polar surface area (TPSA) is 96.8 Å². The molecule has 0 saturated carbocycles. The Bertz CT molecular complexity index is 1120. The number of fused-ring (bicyclic) bond motifs is 4. The number of nitrogens with zero attached hydrogens (tertiary/aromatic N) is 5. The highest BCUT2D eigenvalue weighted by Gasteiger charge is 2.36. The van der Waals surface area contributed by atoms with Crippen molar-refractivity contribution in [3.63, 3.8) is 0 Å². The van der Waals surface area contributed by atoms with Gasteiger partial charge >= 0.3 is 0 Å². The van der Waals surface area contributed by atoms with Crippen LogP contribution in [0.15, 0.2) is 41.5 Å². The van der Waals surface area contributed by atoms with E-state index in [0.717, 1.165) is 23.2 Å². The lowest BCUT2D eigenvalue weighted by atomic mass is 9.82. The quantitative estimate of drug-likeness (QED) is 0.731. The van der Waals surface area contributed by atoms with Gasteiger partial charge in [0.05, 0.1) is 6.42 Å². The van der Waals surface area contributed by atoms with Gasteiger partial charge in [-0.1, -0.05) is 6.07 Å². The van der Waals surface area contributed by atoms with Gasteiger partial charge in [-0.3, -0.25) is 19.7 Å². The summed E-state index contributed by atoms with van der Waals surface area (Å²) in [6.07, 6.45) is 4.69. The van der Waals surface area contributed by atoms with Gasteiger partial charge in [-0.15, -0.1) is 0 Å². The van der Waals surface area contributed by atoms with Crippen molar-refractivity contribution in [2.24, 2.45) is 5.92 Å². The molecule has 1 N–H and O–H groups in total. The van der Waals surface area contributed by atoms with Crippen molar-refractivity contribution in [3.05, 3.63) is 64.4 Å². The van der Waals surface area contributed by atoms with Crippen molar-refractivity contribution in [2.75, 3.05) is 13.1 Å². The summed E-state index contributed by atoms with van der Waals surface area (Å²) in [5.41, 5.74) is 2.84. The van der Waals surface area contributed by atoms with E-state index in [-0.39, 0.29) is 23.8 Å². The van der Waals surface area contributed by atoms with Crippen molar-refractivity contribution in [1.29, 1.82) is 0 Å². The van der Waals surface area contributed by atoms with Gasteiger partial charge in [0.2, 0.25) is 5.91 Å². The molecule has 148 valence electrons. The molecule has 0 unspecified atom stereocenters. The number of likely N-dealkylation sites (tertiary alicyclic amines) is 1. The number of amides is 1. The molecule has 2 bridgehead atoms. The highest BCUT2D eigenvalue weighted by molar-refractivity contribution is 5.78. The van der Waals surface area contributed by atoms with Crippen LogP contribution in [0.2, 0.25) is 0 Å². The number of aryl methyl sites for hydroxylation is 1. The van der Waals surface area contributed by atoms with E-state index in [1.807, 2.05) is 28.5 Å². The van der Waals surface area contributed by atoms with Gasteiger partial charge in [-0.25, -0.2) is 4.98 Å². The van der Waals surface area contributed by atoms with Crippen LogP contribution in [-0.4, -0.2) is 48.6 Å². The zero-order chi connectivity index (χ0) is 20.0. The average Bonchev–Trinajstić information content (AvgIpc) is 3.13. The number of aromatic nitrogens is 5. The van der Waals surface area contributed by atoms with Crippen LogP contribution in [0.3, 0.4) is 0 Å². The second-order valence-electron chi connectivity index (χ2n) is 7.97. The Morgan fingerprint density at radius 3 is 2.90 bits per heavy atom. The normalized spacial score (nSPS) is 20.4. The molecule has 0 aromatic carbocycles. The molecule has 2 aliphatic heterocycles. The molecule has 3 aromatic heterocycles. The molecular weight excluding hydrogens is 368 g/mol. The van der Waals surface area contributed by atoms with Crippen molar-refractivity contribution in [2.45, 2.75) is 32.2 Å². The lowest BCUT2D eigenvalue weighted by Gasteiger charge is -2.43. The first-order chi connectivity index (χ1) is 14.1. The van der Waals surface area contributed by atoms with E-state index in [2.05, 4.69) is 26.2 Å². The van der Waals surface area contributed by atoms with Crippen LogP contribution >= 0.6 is 0 Å². The highest BCUT2D eigenvalue weighted by atomic mass is 16.2. The summed E-state index contributed by atoms with van der Waals surface area (Å²) in [5.74, 6) is 1.72. The van der Waals surface area contributed by atoms with Crippen molar-refractivity contribution in [3.8, 4) is 11.1 Å². The van der Waals surface area contributed by atoms with E-state index in [9.17, 15) is 9.59 Å². The van der Waals surface area contributed by atoms with Crippen LogP contribution in [0.4, 0.5) is 0 Å². The largest absolute Gasteiger partial charge is 0.341 e. The van der Waals surface area contributed by atoms with E-state index < -0.39 is 0 Å². The van der Waals surface area contributed by atoms with Crippen molar-refractivity contribution in [1.82, 2.24) is 29.6 Å². The summed E-state index contributed by atoms with van der Waals surface area (Å²) >= 11 is 0. The summed E-state index contributed by atoms with van der Waals surface area (Å²) in [6, 6.07) is 7.61. The maximum absolute atomic E-state index is 12.8. The van der Waals surface area contributed by atoms with Gasteiger partial charge in [-0.05, 0) is 37.0 Å². The molecule has 29 heavy (non-hydrogen) atoms. The van der Waals surface area contributed by atoms with Gasteiger partial charge in [0.1, 0.15) is 5.82 Å². The lowest BCUT2D eigenvalue weighted by Crippen LogP contribution is -2.49. The molecule has 3 aromatic rings. The molecule has 1 amide bonds. The van der Waals surface area contributed by atoms with Crippen molar-refractivity contribution >= 4 is 5.91 Å². The molecule has 8 nitrogen and oxygen atoms in total. The number of hydrogen-bond donors (Lipinski definition) is 1. The first-order valence-electron chi connectivity index (χ1n) is 9.87. The third kappa shape index (κ3) is 3.35. The summed E-state index contributed by atoms with van der Waals surface area (Å²) in [5, 5.41) is 6.86. The Hall–Kier alpha value is -3.29. The fourth-order valence-corrected chi connectivity index (χ4v) is 4.58. The summed E-state index contributed by atoms with van der Waals surface area (Å²) < 4.78 is 1.89. The van der Waals surface area contributed by atoms with Crippen LogP contribution in [0.1, 0.15) is 29.7 Å². The number of nitrogens with one attached hydrogen (secondary N) is 1. The van der Waals surface area contributed by atoms with E-state index in [0.29, 0.717) is 37.2 Å². The first kappa shape index (κ1) is 17.8. The van der Waals surface area contributed by atoms with Crippen LogP contribution in [0.5, 0.6) is 0 Å². The Morgan fingerprint density at radius 2 is 2.14 bits per heavy atom. The zero-order valence-corrected chi connectivity index (χ0v) is 16.2. The fraction of sp³-hybridized carbons (Fsp3) is 0.381. The molecule has 2 aliphatic rings. The number of H-pyrrole nitrogens is 1. The second-order valence-corrected chi connectivity index (χ2v) is 7.97. The molecular formula is C21H22N6O2. The molecule has 2 atom stereocenters. The van der Waals surface area contributed by atoms with Gasteiger partial charge in [-0.2, -0.15) is 5.10 Å². The third-order valence-corrected chi connectivity index (χ3v) is 5.86. The Labute approximate surface area is 167 Å². The summed E-state index contributed by atoms with van der Waals surface area (Å²) in [7, 11) is 0. The number of pyridine rings is 2. The van der Waals surface area contributed by atoms with E-state index in [1.54, 1.807) is 18.5 Å². The minimum Gasteiger partial charge on any atom is -0.341 e. The predicted molar refractivity (Wildman–Crippen MR) is 106 cm³/mol. The minimum absolute atomic E-state index is 0.0204. The smallest absolute Gasteiger partial charge is 0.251 e. The van der Waals surface area contributed by atoms with Crippen LogP contribution in [-0.2, 0) is 17.8 Å². The SMILES string of the molecule is Cc1nc(CC(=O)N2C[C@@H]3C[C@H](C2)c2cc(-c4cccnc4)cc(=O)n2C3)n[nH]1. The highest BCUT2D eigenvalue weighted by Crippen LogP contribution is 2.36. The monoisotopic (exact) mass is 390 g/mol. The van der Waals surface area contributed by atoms with Crippen LogP contribution in [0.25, 0.3) is 11.1 Å². The number of carbonyl (C=O) groups excluding carboxylic acids is 1. The molecule has 8 heteroatoms. The van der Waals surface area contributed by atoms with Crippen LogP contribution < -0.4 is 5.56 Å². The Morgan fingerprint density at radius 1 is 1.24 bits per heavy atom. The maximum atomic E-state index is 12.8. The minimum atomic E-state index is 0.0204. The fourth-order valence-electron chi connectivity index (χ4n) is 4.58. The average molecular weight is 390 g/mol. The molecule has 0 aliphatic carbocycles. The number of piperidine rings is 1. The van der Waals surface area contributed by atoms with Gasteiger partial charge < -0.3 is 9.47 Å². The zero-order valence-electron chi connectivity index (χ0n) is 16.2. The van der Waals surface area contributed by atoms with Gasteiger partial charge in [0.15, 0.2) is 5.82 Å². The van der Waals surface area contributed by atoms with Crippen LogP contribution in [0, 0.1) is 12.8 Å². The molecule has 5 heterocycles. The molecule has 1 saturated heterocycles. The van der Waals surface area contributed by atoms with E-state index in [4.69, 9.17) is 0 Å². The molecule has 5 rings (SSSR count). The number of carbonyl (C=O) groups is 1. The van der Waals surface area contributed by atoms with E-state index in [1.165, 1.54) is 0 Å². The van der Waals surface area contributed by atoms with Gasteiger partial charge in [0.25, 0.3) is 5.56 Å². The second kappa shape index (κ2) is 6.95. The predicted octanol–water partition coefficient (Wildman–Crippen LogP) is 1.53. The maximum Gasteiger partial charge on any atom is 0.251 e. The Balaban J connectivity index is 1.42. The third-order valence-electron chi connectivity index (χ3n) is 5.86. The number of rotatable bonds is 3. The van der Waals surface area contributed by atoms with Gasteiger partial charge in [0, 0.05) is 55.3 Å². The number of aromatic amines is 1. The standard InChI is InChI=1S/C21H22N6O2/c1-13-23-19(25-24-13)8-20(28)26-10-14-5-17(12-26)18-6-16(7-21(29)27(18)11-14)15-3-2-4-22-9-15/h2-4,6-7,9,14,17H,5,8,10-12H2,1H3,(H,23,24,25)/t14-,17+/m0/s1.